The highest BCUT2D eigenvalue weighted by molar-refractivity contribution is 5.44. The number of ether oxygens (including phenoxy) is 2. The smallest absolute Gasteiger partial charge is 0.164 e. The van der Waals surface area contributed by atoms with Gasteiger partial charge in [0.2, 0.25) is 0 Å². The average Bonchev–Trinajstić information content (AvgIpc) is 2.21. The maximum Gasteiger partial charge on any atom is 0.164 e. The van der Waals surface area contributed by atoms with Crippen LogP contribution in [0.2, 0.25) is 0 Å². The monoisotopic (exact) mass is 197 g/mol. The van der Waals surface area contributed by atoms with E-state index >= 15 is 0 Å². The van der Waals surface area contributed by atoms with Gasteiger partial charge in [-0.15, -0.1) is 0 Å². The first-order valence-electron chi connectivity index (χ1n) is 4.48. The number of nitrogens with two attached hydrogens (primary N) is 1. The van der Waals surface area contributed by atoms with E-state index in [1.54, 1.807) is 19.2 Å². The molecule has 0 radical (unpaired) electrons. The number of phenolic OH excluding ortho intramolecular Hbond substituents is 1. The Kier molecular flexibility index (Phi) is 4.07. The molecule has 0 amide bonds. The lowest BCUT2D eigenvalue weighted by molar-refractivity contribution is 0.293. The molecule has 0 bridgehead atoms. The zero-order valence-electron chi connectivity index (χ0n) is 8.19. The van der Waals surface area contributed by atoms with Crippen molar-refractivity contribution < 1.29 is 14.6 Å². The van der Waals surface area contributed by atoms with E-state index in [4.69, 9.17) is 15.2 Å². The number of phenols is 1. The van der Waals surface area contributed by atoms with E-state index in [0.29, 0.717) is 24.7 Å². The maximum atomic E-state index is 9.42. The molecule has 0 unspecified atom stereocenters. The largest absolute Gasteiger partial charge is 0.504 e. The van der Waals surface area contributed by atoms with Crippen LogP contribution in [0.1, 0.15) is 6.42 Å². The lowest BCUT2D eigenvalue weighted by Crippen LogP contribution is -2.06. The zero-order chi connectivity index (χ0) is 10.4. The van der Waals surface area contributed by atoms with Gasteiger partial charge in [-0.25, -0.2) is 0 Å². The summed E-state index contributed by atoms with van der Waals surface area (Å²) in [7, 11) is 1.57. The van der Waals surface area contributed by atoms with Gasteiger partial charge < -0.3 is 20.3 Å². The molecular formula is C10H15NO3. The van der Waals surface area contributed by atoms with E-state index in [-0.39, 0.29) is 5.75 Å². The summed E-state index contributed by atoms with van der Waals surface area (Å²) in [6, 6.07) is 4.85. The molecule has 0 saturated heterocycles. The third kappa shape index (κ3) is 2.81. The Morgan fingerprint density at radius 3 is 2.86 bits per heavy atom. The van der Waals surface area contributed by atoms with E-state index in [0.717, 1.165) is 6.42 Å². The minimum absolute atomic E-state index is 0.114. The summed E-state index contributed by atoms with van der Waals surface area (Å²) in [6.45, 7) is 1.07. The van der Waals surface area contributed by atoms with Crippen LogP contribution >= 0.6 is 0 Å². The molecule has 1 aromatic carbocycles. The number of hydrogen-bond acceptors (Lipinski definition) is 4. The lowest BCUT2D eigenvalue weighted by atomic mass is 10.3. The minimum Gasteiger partial charge on any atom is -0.504 e. The summed E-state index contributed by atoms with van der Waals surface area (Å²) < 4.78 is 10.3. The molecule has 0 aliphatic carbocycles. The number of aromatic hydroxyl groups is 1. The number of benzene rings is 1. The molecule has 14 heavy (non-hydrogen) atoms. The fraction of sp³-hybridized carbons (Fsp3) is 0.400. The van der Waals surface area contributed by atoms with Crippen molar-refractivity contribution in [2.24, 2.45) is 5.73 Å². The van der Waals surface area contributed by atoms with Crippen LogP contribution in [-0.2, 0) is 0 Å². The van der Waals surface area contributed by atoms with Gasteiger partial charge in [-0.1, -0.05) is 0 Å². The minimum atomic E-state index is 0.114. The second-order valence-electron chi connectivity index (χ2n) is 2.82. The van der Waals surface area contributed by atoms with Crippen LogP contribution in [0.4, 0.5) is 0 Å². The van der Waals surface area contributed by atoms with E-state index in [1.807, 2.05) is 0 Å². The molecular weight excluding hydrogens is 182 g/mol. The Hall–Kier alpha value is -1.42. The normalized spacial score (nSPS) is 9.86. The molecule has 0 aliphatic rings. The van der Waals surface area contributed by atoms with Gasteiger partial charge in [-0.3, -0.25) is 0 Å². The van der Waals surface area contributed by atoms with Gasteiger partial charge in [0.1, 0.15) is 5.75 Å². The highest BCUT2D eigenvalue weighted by atomic mass is 16.5. The summed E-state index contributed by atoms with van der Waals surface area (Å²) >= 11 is 0. The van der Waals surface area contributed by atoms with Crippen molar-refractivity contribution in [3.05, 3.63) is 18.2 Å². The van der Waals surface area contributed by atoms with E-state index < -0.39 is 0 Å². The van der Waals surface area contributed by atoms with Crippen molar-refractivity contribution in [2.75, 3.05) is 20.3 Å². The van der Waals surface area contributed by atoms with Crippen LogP contribution in [0.5, 0.6) is 17.2 Å². The van der Waals surface area contributed by atoms with Gasteiger partial charge in [0.05, 0.1) is 13.7 Å². The fourth-order valence-corrected chi connectivity index (χ4v) is 1.00. The van der Waals surface area contributed by atoms with Crippen LogP contribution in [0.25, 0.3) is 0 Å². The molecule has 4 nitrogen and oxygen atoms in total. The summed E-state index contributed by atoms with van der Waals surface area (Å²) in [5.74, 6) is 1.20. The van der Waals surface area contributed by atoms with Crippen LogP contribution in [-0.4, -0.2) is 25.4 Å². The molecule has 0 aromatic heterocycles. The van der Waals surface area contributed by atoms with E-state index in [2.05, 4.69) is 0 Å². The van der Waals surface area contributed by atoms with Gasteiger partial charge in [-0.05, 0) is 25.1 Å². The molecule has 0 aliphatic heterocycles. The highest BCUT2D eigenvalue weighted by Gasteiger charge is 2.03. The number of methoxy groups -OCH3 is 1. The SMILES string of the molecule is COc1ccc(O)c(OCCCN)c1. The predicted molar refractivity (Wildman–Crippen MR) is 53.8 cm³/mol. The van der Waals surface area contributed by atoms with Crippen molar-refractivity contribution in [1.82, 2.24) is 0 Å². The number of rotatable bonds is 5. The molecule has 78 valence electrons. The second-order valence-corrected chi connectivity index (χ2v) is 2.82. The first-order valence-corrected chi connectivity index (χ1v) is 4.48. The highest BCUT2D eigenvalue weighted by Crippen LogP contribution is 2.29. The second kappa shape index (κ2) is 5.34. The predicted octanol–water partition coefficient (Wildman–Crippen LogP) is 1.13. The molecule has 0 spiro atoms. The fourth-order valence-electron chi connectivity index (χ4n) is 1.00. The Morgan fingerprint density at radius 1 is 1.43 bits per heavy atom. The Morgan fingerprint density at radius 2 is 2.21 bits per heavy atom. The molecule has 1 aromatic rings. The molecule has 1 rings (SSSR count). The Labute approximate surface area is 83.3 Å². The van der Waals surface area contributed by atoms with Crippen LogP contribution in [0.15, 0.2) is 18.2 Å². The van der Waals surface area contributed by atoms with Crippen molar-refractivity contribution in [1.29, 1.82) is 0 Å². The summed E-state index contributed by atoms with van der Waals surface area (Å²) in [5.41, 5.74) is 5.32. The summed E-state index contributed by atoms with van der Waals surface area (Å²) in [4.78, 5) is 0. The van der Waals surface area contributed by atoms with E-state index in [1.165, 1.54) is 6.07 Å². The van der Waals surface area contributed by atoms with Gasteiger partial charge in [0, 0.05) is 6.07 Å². The topological polar surface area (TPSA) is 64.7 Å². The molecule has 4 heteroatoms. The summed E-state index contributed by atoms with van der Waals surface area (Å²) in [5, 5.41) is 9.42. The first kappa shape index (κ1) is 10.7. The number of hydrogen-bond donors (Lipinski definition) is 2. The molecule has 3 N–H and O–H groups in total. The van der Waals surface area contributed by atoms with Gasteiger partial charge in [0.15, 0.2) is 11.5 Å². The third-order valence-electron chi connectivity index (χ3n) is 1.77. The van der Waals surface area contributed by atoms with Crippen molar-refractivity contribution in [3.8, 4) is 17.2 Å². The molecule has 0 saturated carbocycles. The van der Waals surface area contributed by atoms with Gasteiger partial charge >= 0.3 is 0 Å². The Balaban J connectivity index is 2.64. The first-order chi connectivity index (χ1) is 6.77. The zero-order valence-corrected chi connectivity index (χ0v) is 8.19. The lowest BCUT2D eigenvalue weighted by Gasteiger charge is -2.08. The third-order valence-corrected chi connectivity index (χ3v) is 1.77. The van der Waals surface area contributed by atoms with Crippen LogP contribution in [0.3, 0.4) is 0 Å². The van der Waals surface area contributed by atoms with Crippen LogP contribution < -0.4 is 15.2 Å². The van der Waals surface area contributed by atoms with Crippen molar-refractivity contribution >= 4 is 0 Å². The van der Waals surface area contributed by atoms with Crippen molar-refractivity contribution in [2.45, 2.75) is 6.42 Å². The van der Waals surface area contributed by atoms with Crippen molar-refractivity contribution in [3.63, 3.8) is 0 Å². The molecule has 0 fully saturated rings. The van der Waals surface area contributed by atoms with Crippen LogP contribution in [0, 0.1) is 0 Å². The Bertz CT molecular complexity index is 289. The van der Waals surface area contributed by atoms with Gasteiger partial charge in [0.25, 0.3) is 0 Å². The average molecular weight is 197 g/mol. The standard InChI is InChI=1S/C10H15NO3/c1-13-8-3-4-9(12)10(7-8)14-6-2-5-11/h3-4,7,12H,2,5-6,11H2,1H3. The van der Waals surface area contributed by atoms with Gasteiger partial charge in [-0.2, -0.15) is 0 Å². The quantitative estimate of drug-likeness (QED) is 0.694. The maximum absolute atomic E-state index is 9.42. The molecule has 0 heterocycles. The van der Waals surface area contributed by atoms with E-state index in [9.17, 15) is 5.11 Å². The molecule has 0 atom stereocenters. The summed E-state index contributed by atoms with van der Waals surface area (Å²) in [6.07, 6.45) is 0.761.